The van der Waals surface area contributed by atoms with Crippen LogP contribution in [-0.4, -0.2) is 26.0 Å². The fourth-order valence-corrected chi connectivity index (χ4v) is 1.49. The molecule has 0 saturated carbocycles. The number of aromatic carboxylic acids is 1. The van der Waals surface area contributed by atoms with Gasteiger partial charge in [0.15, 0.2) is 0 Å². The van der Waals surface area contributed by atoms with Crippen molar-refractivity contribution in [2.75, 3.05) is 5.32 Å². The van der Waals surface area contributed by atoms with Gasteiger partial charge >= 0.3 is 5.97 Å². The molecule has 0 spiro atoms. The van der Waals surface area contributed by atoms with Gasteiger partial charge in [-0.25, -0.2) is 9.78 Å². The van der Waals surface area contributed by atoms with Crippen LogP contribution in [0, 0.1) is 17.0 Å². The standard InChI is InChI=1S/C12H10N4O4/c1-7-2-3-8(5-13-7)15-11-10(12(17)18)4-9(6-14-11)16(19)20/h2-6H,1H3,(H,14,15)(H,17,18). The van der Waals surface area contributed by atoms with Crippen molar-refractivity contribution < 1.29 is 14.8 Å². The van der Waals surface area contributed by atoms with Crippen LogP contribution in [0.5, 0.6) is 0 Å². The second kappa shape index (κ2) is 5.31. The molecular formula is C12H10N4O4. The van der Waals surface area contributed by atoms with E-state index in [1.54, 1.807) is 12.1 Å². The molecule has 0 fully saturated rings. The second-order valence-electron chi connectivity index (χ2n) is 3.97. The zero-order chi connectivity index (χ0) is 14.7. The summed E-state index contributed by atoms with van der Waals surface area (Å²) in [5.41, 5.74) is 0.694. The van der Waals surface area contributed by atoms with Crippen LogP contribution in [-0.2, 0) is 0 Å². The van der Waals surface area contributed by atoms with Crippen LogP contribution in [0.1, 0.15) is 16.1 Å². The van der Waals surface area contributed by atoms with E-state index in [9.17, 15) is 14.9 Å². The smallest absolute Gasteiger partial charge is 0.339 e. The number of pyridine rings is 2. The Morgan fingerprint density at radius 2 is 2.10 bits per heavy atom. The molecule has 2 heterocycles. The summed E-state index contributed by atoms with van der Waals surface area (Å²) in [7, 11) is 0. The number of carbonyl (C=O) groups is 1. The van der Waals surface area contributed by atoms with Gasteiger partial charge in [-0.05, 0) is 19.1 Å². The summed E-state index contributed by atoms with van der Waals surface area (Å²) in [6.07, 6.45) is 2.51. The minimum Gasteiger partial charge on any atom is -0.478 e. The lowest BCUT2D eigenvalue weighted by molar-refractivity contribution is -0.385. The highest BCUT2D eigenvalue weighted by atomic mass is 16.6. The van der Waals surface area contributed by atoms with Crippen LogP contribution < -0.4 is 5.32 Å². The SMILES string of the molecule is Cc1ccc(Nc2ncc([N+](=O)[O-])cc2C(=O)O)cn1. The molecule has 2 aromatic heterocycles. The Kier molecular flexibility index (Phi) is 3.56. The van der Waals surface area contributed by atoms with Crippen molar-refractivity contribution in [3.05, 3.63) is 52.0 Å². The van der Waals surface area contributed by atoms with E-state index in [1.807, 2.05) is 6.92 Å². The van der Waals surface area contributed by atoms with Gasteiger partial charge < -0.3 is 10.4 Å². The maximum atomic E-state index is 11.1. The number of hydrogen-bond acceptors (Lipinski definition) is 6. The largest absolute Gasteiger partial charge is 0.478 e. The van der Waals surface area contributed by atoms with Gasteiger partial charge in [-0.15, -0.1) is 0 Å². The molecule has 102 valence electrons. The zero-order valence-electron chi connectivity index (χ0n) is 10.4. The first-order valence-corrected chi connectivity index (χ1v) is 5.55. The number of nitro groups is 1. The fraction of sp³-hybridized carbons (Fsp3) is 0.0833. The highest BCUT2D eigenvalue weighted by Crippen LogP contribution is 2.22. The summed E-state index contributed by atoms with van der Waals surface area (Å²) in [6.45, 7) is 1.82. The number of carboxylic acid groups (broad SMARTS) is 1. The van der Waals surface area contributed by atoms with Crippen molar-refractivity contribution in [3.8, 4) is 0 Å². The number of nitrogens with one attached hydrogen (secondary N) is 1. The van der Waals surface area contributed by atoms with Gasteiger partial charge in [-0.1, -0.05) is 0 Å². The van der Waals surface area contributed by atoms with Crippen LogP contribution in [0.2, 0.25) is 0 Å². The van der Waals surface area contributed by atoms with Gasteiger partial charge in [-0.2, -0.15) is 0 Å². The number of rotatable bonds is 4. The topological polar surface area (TPSA) is 118 Å². The highest BCUT2D eigenvalue weighted by Gasteiger charge is 2.17. The van der Waals surface area contributed by atoms with E-state index in [2.05, 4.69) is 15.3 Å². The molecule has 2 rings (SSSR count). The summed E-state index contributed by atoms with van der Waals surface area (Å²) in [4.78, 5) is 28.9. The molecule has 2 aromatic rings. The van der Waals surface area contributed by atoms with Crippen LogP contribution in [0.3, 0.4) is 0 Å². The third-order valence-corrected chi connectivity index (χ3v) is 2.49. The Bertz CT molecular complexity index is 670. The maximum Gasteiger partial charge on any atom is 0.339 e. The minimum atomic E-state index is -1.30. The van der Waals surface area contributed by atoms with Crippen LogP contribution in [0.4, 0.5) is 17.2 Å². The molecule has 0 aliphatic carbocycles. The Morgan fingerprint density at radius 3 is 2.65 bits per heavy atom. The molecule has 0 aromatic carbocycles. The maximum absolute atomic E-state index is 11.1. The van der Waals surface area contributed by atoms with Gasteiger partial charge in [0.2, 0.25) is 0 Å². The number of hydrogen-bond donors (Lipinski definition) is 2. The van der Waals surface area contributed by atoms with Crippen molar-refractivity contribution in [1.82, 2.24) is 9.97 Å². The first-order valence-electron chi connectivity index (χ1n) is 5.55. The Balaban J connectivity index is 2.38. The minimum absolute atomic E-state index is 0.0220. The van der Waals surface area contributed by atoms with Crippen LogP contribution in [0.25, 0.3) is 0 Å². The van der Waals surface area contributed by atoms with Gasteiger partial charge in [-0.3, -0.25) is 15.1 Å². The molecule has 0 aliphatic heterocycles. The zero-order valence-corrected chi connectivity index (χ0v) is 10.4. The second-order valence-corrected chi connectivity index (χ2v) is 3.97. The molecule has 2 N–H and O–H groups in total. The lowest BCUT2D eigenvalue weighted by Gasteiger charge is -2.08. The predicted octanol–water partition coefficient (Wildman–Crippen LogP) is 2.14. The lowest BCUT2D eigenvalue weighted by atomic mass is 10.2. The van der Waals surface area contributed by atoms with Crippen molar-refractivity contribution in [2.24, 2.45) is 0 Å². The molecule has 8 nitrogen and oxygen atoms in total. The van der Waals surface area contributed by atoms with Gasteiger partial charge in [0, 0.05) is 11.8 Å². The van der Waals surface area contributed by atoms with E-state index in [0.29, 0.717) is 5.69 Å². The average Bonchev–Trinajstić information content (AvgIpc) is 2.41. The molecule has 8 heteroatoms. The first-order chi connectivity index (χ1) is 9.47. The van der Waals surface area contributed by atoms with Crippen molar-refractivity contribution in [1.29, 1.82) is 0 Å². The quantitative estimate of drug-likeness (QED) is 0.647. The number of nitrogens with zero attached hydrogens (tertiary/aromatic N) is 3. The fourth-order valence-electron chi connectivity index (χ4n) is 1.49. The molecule has 0 radical (unpaired) electrons. The third-order valence-electron chi connectivity index (χ3n) is 2.49. The summed E-state index contributed by atoms with van der Waals surface area (Å²) in [5.74, 6) is -1.28. The number of aromatic nitrogens is 2. The molecule has 20 heavy (non-hydrogen) atoms. The number of carboxylic acids is 1. The Morgan fingerprint density at radius 1 is 1.35 bits per heavy atom. The third kappa shape index (κ3) is 2.86. The summed E-state index contributed by atoms with van der Waals surface area (Å²) >= 11 is 0. The molecule has 0 atom stereocenters. The lowest BCUT2D eigenvalue weighted by Crippen LogP contribution is -2.06. The van der Waals surface area contributed by atoms with Crippen molar-refractivity contribution in [2.45, 2.75) is 6.92 Å². The van der Waals surface area contributed by atoms with E-state index in [4.69, 9.17) is 5.11 Å². The summed E-state index contributed by atoms with van der Waals surface area (Å²) in [6, 6.07) is 4.41. The molecule has 0 saturated heterocycles. The van der Waals surface area contributed by atoms with E-state index in [0.717, 1.165) is 18.0 Å². The number of aryl methyl sites for hydroxylation is 1. The first kappa shape index (κ1) is 13.4. The molecule has 0 bridgehead atoms. The van der Waals surface area contributed by atoms with Crippen LogP contribution >= 0.6 is 0 Å². The monoisotopic (exact) mass is 274 g/mol. The Labute approximate surface area is 113 Å². The van der Waals surface area contributed by atoms with Crippen LogP contribution in [0.15, 0.2) is 30.6 Å². The predicted molar refractivity (Wildman–Crippen MR) is 70.1 cm³/mol. The van der Waals surface area contributed by atoms with E-state index in [-0.39, 0.29) is 17.1 Å². The molecule has 0 aliphatic rings. The van der Waals surface area contributed by atoms with Crippen molar-refractivity contribution >= 4 is 23.2 Å². The van der Waals surface area contributed by atoms with E-state index >= 15 is 0 Å². The highest BCUT2D eigenvalue weighted by molar-refractivity contribution is 5.94. The van der Waals surface area contributed by atoms with Gasteiger partial charge in [0.05, 0.1) is 16.8 Å². The normalized spacial score (nSPS) is 10.1. The molecular weight excluding hydrogens is 264 g/mol. The molecule has 0 amide bonds. The Hall–Kier alpha value is -3.03. The summed E-state index contributed by atoms with van der Waals surface area (Å²) < 4.78 is 0. The average molecular weight is 274 g/mol. The summed E-state index contributed by atoms with van der Waals surface area (Å²) in [5, 5.41) is 22.5. The number of anilines is 2. The van der Waals surface area contributed by atoms with Crippen molar-refractivity contribution in [3.63, 3.8) is 0 Å². The van der Waals surface area contributed by atoms with E-state index < -0.39 is 10.9 Å². The van der Waals surface area contributed by atoms with E-state index in [1.165, 1.54) is 6.20 Å². The van der Waals surface area contributed by atoms with Gasteiger partial charge in [0.25, 0.3) is 5.69 Å². The van der Waals surface area contributed by atoms with Gasteiger partial charge in [0.1, 0.15) is 17.6 Å². The molecule has 0 unspecified atom stereocenters.